The second-order valence-electron chi connectivity index (χ2n) is 7.67. The monoisotopic (exact) mass is 435 g/mol. The predicted molar refractivity (Wildman–Crippen MR) is 128 cm³/mol. The number of aryl methyl sites for hydroxylation is 3. The summed E-state index contributed by atoms with van der Waals surface area (Å²) >= 11 is 0. The van der Waals surface area contributed by atoms with Gasteiger partial charge in [-0.1, -0.05) is 60.2 Å². The molecule has 0 unspecified atom stereocenters. The largest absolute Gasteiger partial charge is 0.367 e. The second kappa shape index (κ2) is 9.79. The third-order valence-electron chi connectivity index (χ3n) is 5.12. The molecule has 0 aliphatic carbocycles. The summed E-state index contributed by atoms with van der Waals surface area (Å²) < 4.78 is 25.4. The molecule has 0 amide bonds. The summed E-state index contributed by atoms with van der Waals surface area (Å²) in [6, 6.07) is 22.0. The minimum absolute atomic E-state index is 0.282. The van der Waals surface area contributed by atoms with Gasteiger partial charge in [0, 0.05) is 18.8 Å². The van der Waals surface area contributed by atoms with Crippen molar-refractivity contribution < 1.29 is 8.42 Å². The maximum Gasteiger partial charge on any atom is 0.277 e. The van der Waals surface area contributed by atoms with Gasteiger partial charge >= 0.3 is 0 Å². The molecule has 0 fully saturated rings. The van der Waals surface area contributed by atoms with Crippen LogP contribution in [0.1, 0.15) is 34.7 Å². The van der Waals surface area contributed by atoms with Crippen molar-refractivity contribution in [3.63, 3.8) is 0 Å². The molecule has 0 saturated heterocycles. The lowest BCUT2D eigenvalue weighted by Gasteiger charge is -2.23. The number of sulfonamides is 1. The standard InChI is InChI=1S/C25H29N3O2S/c1-5-28(18-23-9-7-6-8-10-23)24-13-11-22(12-14-24)17-26-27-31(29,30)25-20(3)15-19(2)16-21(25)4/h6-17,27H,5,18H2,1-4H3/b26-17+. The molecule has 5 nitrogen and oxygen atoms in total. The van der Waals surface area contributed by atoms with Gasteiger partial charge in [0.15, 0.2) is 0 Å². The Bertz CT molecular complexity index is 1130. The van der Waals surface area contributed by atoms with E-state index >= 15 is 0 Å². The van der Waals surface area contributed by atoms with Crippen molar-refractivity contribution in [3.05, 3.63) is 94.5 Å². The Hall–Kier alpha value is -3.12. The molecule has 162 valence electrons. The highest BCUT2D eigenvalue weighted by Gasteiger charge is 2.19. The number of hydrogen-bond donors (Lipinski definition) is 1. The van der Waals surface area contributed by atoms with Crippen LogP contribution in [0.2, 0.25) is 0 Å². The van der Waals surface area contributed by atoms with E-state index in [1.807, 2.05) is 61.5 Å². The molecule has 0 atom stereocenters. The highest BCUT2D eigenvalue weighted by atomic mass is 32.2. The molecule has 6 heteroatoms. The van der Waals surface area contributed by atoms with E-state index in [2.05, 4.69) is 33.9 Å². The number of nitrogens with one attached hydrogen (secondary N) is 1. The van der Waals surface area contributed by atoms with Gasteiger partial charge in [-0.25, -0.2) is 4.83 Å². The van der Waals surface area contributed by atoms with Crippen LogP contribution in [0.25, 0.3) is 0 Å². The zero-order valence-corrected chi connectivity index (χ0v) is 19.3. The first-order chi connectivity index (χ1) is 14.8. The van der Waals surface area contributed by atoms with E-state index in [1.165, 1.54) is 11.8 Å². The molecule has 0 saturated carbocycles. The number of hydrazone groups is 1. The highest BCUT2D eigenvalue weighted by molar-refractivity contribution is 7.89. The van der Waals surface area contributed by atoms with Crippen molar-refractivity contribution in [2.24, 2.45) is 5.10 Å². The fraction of sp³-hybridized carbons (Fsp3) is 0.240. The molecular weight excluding hydrogens is 406 g/mol. The molecular formula is C25H29N3O2S. The summed E-state index contributed by atoms with van der Waals surface area (Å²) in [6.07, 6.45) is 1.52. The van der Waals surface area contributed by atoms with E-state index in [4.69, 9.17) is 0 Å². The molecule has 0 bridgehead atoms. The molecule has 0 heterocycles. The first-order valence-corrected chi connectivity index (χ1v) is 11.8. The average Bonchev–Trinajstić information content (AvgIpc) is 2.72. The topological polar surface area (TPSA) is 61.8 Å². The summed E-state index contributed by atoms with van der Waals surface area (Å²) in [5, 5.41) is 3.98. The molecule has 31 heavy (non-hydrogen) atoms. The zero-order valence-electron chi connectivity index (χ0n) is 18.5. The van der Waals surface area contributed by atoms with Crippen molar-refractivity contribution >= 4 is 21.9 Å². The molecule has 0 aliphatic rings. The van der Waals surface area contributed by atoms with Crippen LogP contribution in [0.3, 0.4) is 0 Å². The van der Waals surface area contributed by atoms with Gasteiger partial charge in [-0.05, 0) is 62.1 Å². The maximum absolute atomic E-state index is 12.7. The minimum atomic E-state index is -3.72. The van der Waals surface area contributed by atoms with Crippen LogP contribution in [-0.4, -0.2) is 21.2 Å². The summed E-state index contributed by atoms with van der Waals surface area (Å²) in [5.41, 5.74) is 5.64. The Balaban J connectivity index is 1.69. The predicted octanol–water partition coefficient (Wildman–Crippen LogP) is 4.95. The van der Waals surface area contributed by atoms with Crippen LogP contribution in [0.4, 0.5) is 5.69 Å². The van der Waals surface area contributed by atoms with Crippen molar-refractivity contribution in [3.8, 4) is 0 Å². The Morgan fingerprint density at radius 3 is 2.13 bits per heavy atom. The Morgan fingerprint density at radius 1 is 0.935 bits per heavy atom. The number of hydrogen-bond acceptors (Lipinski definition) is 4. The maximum atomic E-state index is 12.7. The third kappa shape index (κ3) is 5.73. The van der Waals surface area contributed by atoms with Gasteiger partial charge in [-0.2, -0.15) is 13.5 Å². The van der Waals surface area contributed by atoms with Crippen LogP contribution in [0.15, 0.2) is 76.7 Å². The van der Waals surface area contributed by atoms with Gasteiger partial charge in [-0.3, -0.25) is 0 Å². The fourth-order valence-corrected chi connectivity index (χ4v) is 5.02. The normalized spacial score (nSPS) is 11.6. The van der Waals surface area contributed by atoms with Crippen LogP contribution >= 0.6 is 0 Å². The summed E-state index contributed by atoms with van der Waals surface area (Å²) in [5.74, 6) is 0. The van der Waals surface area contributed by atoms with Crippen molar-refractivity contribution in [1.29, 1.82) is 0 Å². The smallest absolute Gasteiger partial charge is 0.277 e. The van der Waals surface area contributed by atoms with Crippen molar-refractivity contribution in [1.82, 2.24) is 4.83 Å². The molecule has 0 spiro atoms. The van der Waals surface area contributed by atoms with Gasteiger partial charge in [-0.15, -0.1) is 0 Å². The van der Waals surface area contributed by atoms with Gasteiger partial charge in [0.1, 0.15) is 0 Å². The van der Waals surface area contributed by atoms with E-state index in [9.17, 15) is 8.42 Å². The molecule has 0 aliphatic heterocycles. The van der Waals surface area contributed by atoms with E-state index in [0.29, 0.717) is 11.1 Å². The average molecular weight is 436 g/mol. The summed E-state index contributed by atoms with van der Waals surface area (Å²) in [7, 11) is -3.72. The van der Waals surface area contributed by atoms with Gasteiger partial charge in [0.05, 0.1) is 11.1 Å². The van der Waals surface area contributed by atoms with Crippen LogP contribution in [-0.2, 0) is 16.6 Å². The number of nitrogens with zero attached hydrogens (tertiary/aromatic N) is 2. The third-order valence-corrected chi connectivity index (χ3v) is 6.64. The molecule has 1 N–H and O–H groups in total. The molecule has 3 aromatic rings. The number of rotatable bonds is 8. The van der Waals surface area contributed by atoms with Gasteiger partial charge < -0.3 is 4.90 Å². The second-order valence-corrected chi connectivity index (χ2v) is 9.27. The first kappa shape index (κ1) is 22.6. The summed E-state index contributed by atoms with van der Waals surface area (Å²) in [4.78, 5) is 4.90. The number of benzene rings is 3. The SMILES string of the molecule is CCN(Cc1ccccc1)c1ccc(/C=N/NS(=O)(=O)c2c(C)cc(C)cc2C)cc1. The molecule has 3 rings (SSSR count). The van der Waals surface area contributed by atoms with Gasteiger partial charge in [0.2, 0.25) is 0 Å². The van der Waals surface area contributed by atoms with E-state index < -0.39 is 10.0 Å². The quantitative estimate of drug-likeness (QED) is 0.402. The minimum Gasteiger partial charge on any atom is -0.367 e. The van der Waals surface area contributed by atoms with Crippen molar-refractivity contribution in [2.45, 2.75) is 39.1 Å². The molecule has 0 aromatic heterocycles. The Labute approximate surface area is 185 Å². The lowest BCUT2D eigenvalue weighted by atomic mass is 10.1. The van der Waals surface area contributed by atoms with E-state index in [1.54, 1.807) is 13.8 Å². The lowest BCUT2D eigenvalue weighted by Crippen LogP contribution is -2.22. The van der Waals surface area contributed by atoms with Gasteiger partial charge in [0.25, 0.3) is 10.0 Å². The zero-order chi connectivity index (χ0) is 22.4. The lowest BCUT2D eigenvalue weighted by molar-refractivity contribution is 0.583. The highest BCUT2D eigenvalue weighted by Crippen LogP contribution is 2.21. The Kier molecular flexibility index (Phi) is 7.13. The fourth-order valence-electron chi connectivity index (χ4n) is 3.77. The van der Waals surface area contributed by atoms with E-state index in [-0.39, 0.29) is 4.90 Å². The molecule has 0 radical (unpaired) electrons. The van der Waals surface area contributed by atoms with Crippen molar-refractivity contribution in [2.75, 3.05) is 11.4 Å². The van der Waals surface area contributed by atoms with Crippen LogP contribution in [0.5, 0.6) is 0 Å². The van der Waals surface area contributed by atoms with E-state index in [0.717, 1.165) is 29.9 Å². The van der Waals surface area contributed by atoms with Crippen LogP contribution in [0, 0.1) is 20.8 Å². The molecule has 3 aromatic carbocycles. The number of anilines is 1. The Morgan fingerprint density at radius 2 is 1.55 bits per heavy atom. The summed E-state index contributed by atoms with van der Waals surface area (Å²) in [6.45, 7) is 9.39. The first-order valence-electron chi connectivity index (χ1n) is 10.3. The van der Waals surface area contributed by atoms with Crippen LogP contribution < -0.4 is 9.73 Å².